The molecule has 1 atom stereocenters. The highest BCUT2D eigenvalue weighted by Gasteiger charge is 2.18. The molecule has 0 saturated carbocycles. The van der Waals surface area contributed by atoms with Crippen LogP contribution in [0.1, 0.15) is 22.7 Å². The van der Waals surface area contributed by atoms with Gasteiger partial charge in [-0.25, -0.2) is 4.39 Å². The lowest BCUT2D eigenvalue weighted by atomic mass is 9.97. The molecule has 106 valence electrons. The fourth-order valence-electron chi connectivity index (χ4n) is 2.26. The van der Waals surface area contributed by atoms with Gasteiger partial charge in [0, 0.05) is 5.56 Å². The molecule has 4 heteroatoms. The van der Waals surface area contributed by atoms with Crippen LogP contribution in [-0.2, 0) is 0 Å². The van der Waals surface area contributed by atoms with E-state index in [9.17, 15) is 4.39 Å². The Morgan fingerprint density at radius 2 is 2.00 bits per heavy atom. The average molecular weight is 338 g/mol. The smallest absolute Gasteiger partial charge is 0.142 e. The number of rotatable bonds is 4. The second-order valence-corrected chi connectivity index (χ2v) is 5.45. The Morgan fingerprint density at radius 3 is 2.65 bits per heavy atom. The van der Waals surface area contributed by atoms with Gasteiger partial charge in [0.25, 0.3) is 0 Å². The molecule has 0 radical (unpaired) electrons. The topological polar surface area (TPSA) is 21.3 Å². The largest absolute Gasteiger partial charge is 0.496 e. The van der Waals surface area contributed by atoms with E-state index in [0.29, 0.717) is 10.0 Å². The third kappa shape index (κ3) is 2.86. The van der Waals surface area contributed by atoms with E-state index in [4.69, 9.17) is 4.74 Å². The van der Waals surface area contributed by atoms with E-state index in [-0.39, 0.29) is 11.9 Å². The van der Waals surface area contributed by atoms with Gasteiger partial charge in [-0.1, -0.05) is 24.3 Å². The fourth-order valence-corrected chi connectivity index (χ4v) is 2.64. The average Bonchev–Trinajstić information content (AvgIpc) is 2.45. The summed E-state index contributed by atoms with van der Waals surface area (Å²) in [6.07, 6.45) is 0. The van der Waals surface area contributed by atoms with Crippen molar-refractivity contribution in [2.75, 3.05) is 14.2 Å². The molecule has 0 aliphatic carbocycles. The van der Waals surface area contributed by atoms with E-state index in [2.05, 4.69) is 21.2 Å². The van der Waals surface area contributed by atoms with Gasteiger partial charge in [0.05, 0.1) is 17.6 Å². The summed E-state index contributed by atoms with van der Waals surface area (Å²) in [5.41, 5.74) is 2.63. The minimum atomic E-state index is -0.244. The number of benzene rings is 2. The maximum atomic E-state index is 14.3. The highest BCUT2D eigenvalue weighted by Crippen LogP contribution is 2.30. The van der Waals surface area contributed by atoms with Gasteiger partial charge in [0.2, 0.25) is 0 Å². The molecule has 0 aromatic heterocycles. The first-order chi connectivity index (χ1) is 9.58. The van der Waals surface area contributed by atoms with Crippen LogP contribution in [0.2, 0.25) is 0 Å². The van der Waals surface area contributed by atoms with Gasteiger partial charge in [0.15, 0.2) is 0 Å². The quantitative estimate of drug-likeness (QED) is 0.902. The summed E-state index contributed by atoms with van der Waals surface area (Å²) in [6.45, 7) is 1.98. The predicted octanol–water partition coefficient (Wildman–Crippen LogP) is 4.21. The third-order valence-corrected chi connectivity index (χ3v) is 3.96. The Kier molecular flexibility index (Phi) is 4.78. The molecule has 0 bridgehead atoms. The molecule has 0 amide bonds. The third-order valence-electron chi connectivity index (χ3n) is 3.35. The summed E-state index contributed by atoms with van der Waals surface area (Å²) in [6, 6.07) is 11.0. The molecule has 0 fully saturated rings. The van der Waals surface area contributed by atoms with E-state index in [1.54, 1.807) is 19.2 Å². The molecule has 2 aromatic carbocycles. The predicted molar refractivity (Wildman–Crippen MR) is 82.7 cm³/mol. The molecular weight excluding hydrogens is 321 g/mol. The molecule has 0 heterocycles. The standard InChI is InChI=1S/C16H17BrFNO/c1-10-7-8-11(9-14(10)20-3)16(19-2)12-5-4-6-13(17)15(12)18/h4-9,16,19H,1-3H3. The van der Waals surface area contributed by atoms with Crippen LogP contribution in [0.3, 0.4) is 0 Å². The van der Waals surface area contributed by atoms with Crippen molar-refractivity contribution in [3.05, 3.63) is 63.4 Å². The number of halogens is 2. The number of aryl methyl sites for hydroxylation is 1. The van der Waals surface area contributed by atoms with E-state index >= 15 is 0 Å². The van der Waals surface area contributed by atoms with Crippen LogP contribution >= 0.6 is 15.9 Å². The lowest BCUT2D eigenvalue weighted by Crippen LogP contribution is -2.19. The molecule has 0 saturated heterocycles. The van der Waals surface area contributed by atoms with Crippen LogP contribution in [0.15, 0.2) is 40.9 Å². The maximum Gasteiger partial charge on any atom is 0.142 e. The minimum Gasteiger partial charge on any atom is -0.496 e. The van der Waals surface area contributed by atoms with Crippen LogP contribution < -0.4 is 10.1 Å². The Morgan fingerprint density at radius 1 is 1.25 bits per heavy atom. The van der Waals surface area contributed by atoms with Crippen molar-refractivity contribution >= 4 is 15.9 Å². The van der Waals surface area contributed by atoms with Crippen LogP contribution in [-0.4, -0.2) is 14.2 Å². The number of ether oxygens (including phenoxy) is 1. The number of methoxy groups -OCH3 is 1. The number of hydrogen-bond acceptors (Lipinski definition) is 2. The van der Waals surface area contributed by atoms with Gasteiger partial charge in [-0.05, 0) is 53.2 Å². The molecular formula is C16H17BrFNO. The summed E-state index contributed by atoms with van der Waals surface area (Å²) in [5, 5.41) is 3.16. The Balaban J connectivity index is 2.49. The van der Waals surface area contributed by atoms with E-state index in [0.717, 1.165) is 16.9 Å². The molecule has 20 heavy (non-hydrogen) atoms. The van der Waals surface area contributed by atoms with Crippen molar-refractivity contribution in [2.24, 2.45) is 0 Å². The molecule has 2 aromatic rings. The zero-order valence-corrected chi connectivity index (χ0v) is 13.3. The van der Waals surface area contributed by atoms with Crippen molar-refractivity contribution in [3.63, 3.8) is 0 Å². The lowest BCUT2D eigenvalue weighted by molar-refractivity contribution is 0.410. The summed E-state index contributed by atoms with van der Waals surface area (Å²) < 4.78 is 20.1. The van der Waals surface area contributed by atoms with Crippen LogP contribution in [0, 0.1) is 12.7 Å². The second-order valence-electron chi connectivity index (χ2n) is 4.59. The molecule has 2 rings (SSSR count). The summed E-state index contributed by atoms with van der Waals surface area (Å²) in [7, 11) is 3.46. The molecule has 0 spiro atoms. The Labute approximate surface area is 127 Å². The number of hydrogen-bond donors (Lipinski definition) is 1. The summed E-state index contributed by atoms with van der Waals surface area (Å²) in [5.74, 6) is 0.560. The van der Waals surface area contributed by atoms with Gasteiger partial charge in [0.1, 0.15) is 11.6 Å². The SMILES string of the molecule is CNC(c1ccc(C)c(OC)c1)c1cccc(Br)c1F. The monoisotopic (exact) mass is 337 g/mol. The van der Waals surface area contributed by atoms with Gasteiger partial charge >= 0.3 is 0 Å². The fraction of sp³-hybridized carbons (Fsp3) is 0.250. The zero-order chi connectivity index (χ0) is 14.7. The van der Waals surface area contributed by atoms with Crippen molar-refractivity contribution in [3.8, 4) is 5.75 Å². The molecule has 0 aliphatic heterocycles. The van der Waals surface area contributed by atoms with Crippen LogP contribution in [0.25, 0.3) is 0 Å². The van der Waals surface area contributed by atoms with Crippen molar-refractivity contribution in [1.29, 1.82) is 0 Å². The van der Waals surface area contributed by atoms with Gasteiger partial charge < -0.3 is 10.1 Å². The first kappa shape index (κ1) is 15.0. The first-order valence-electron chi connectivity index (χ1n) is 6.34. The maximum absolute atomic E-state index is 14.3. The Hall–Kier alpha value is -1.39. The first-order valence-corrected chi connectivity index (χ1v) is 7.13. The normalized spacial score (nSPS) is 12.2. The van der Waals surface area contributed by atoms with Crippen LogP contribution in [0.4, 0.5) is 4.39 Å². The van der Waals surface area contributed by atoms with E-state index in [1.807, 2.05) is 38.2 Å². The molecule has 1 N–H and O–H groups in total. The van der Waals surface area contributed by atoms with Crippen molar-refractivity contribution < 1.29 is 9.13 Å². The molecule has 2 nitrogen and oxygen atoms in total. The lowest BCUT2D eigenvalue weighted by Gasteiger charge is -2.19. The minimum absolute atomic E-state index is 0.220. The van der Waals surface area contributed by atoms with Gasteiger partial charge in [-0.15, -0.1) is 0 Å². The van der Waals surface area contributed by atoms with Crippen molar-refractivity contribution in [1.82, 2.24) is 5.32 Å². The number of nitrogens with one attached hydrogen (secondary N) is 1. The molecule has 0 aliphatic rings. The highest BCUT2D eigenvalue weighted by atomic mass is 79.9. The zero-order valence-electron chi connectivity index (χ0n) is 11.7. The van der Waals surface area contributed by atoms with Gasteiger partial charge in [-0.2, -0.15) is 0 Å². The molecule has 1 unspecified atom stereocenters. The van der Waals surface area contributed by atoms with Gasteiger partial charge in [-0.3, -0.25) is 0 Å². The van der Waals surface area contributed by atoms with Crippen LogP contribution in [0.5, 0.6) is 5.75 Å². The summed E-state index contributed by atoms with van der Waals surface area (Å²) in [4.78, 5) is 0. The van der Waals surface area contributed by atoms with Crippen molar-refractivity contribution in [2.45, 2.75) is 13.0 Å². The Bertz CT molecular complexity index is 615. The van der Waals surface area contributed by atoms with E-state index in [1.165, 1.54) is 0 Å². The highest BCUT2D eigenvalue weighted by molar-refractivity contribution is 9.10. The van der Waals surface area contributed by atoms with E-state index < -0.39 is 0 Å². The second kappa shape index (κ2) is 6.37. The summed E-state index contributed by atoms with van der Waals surface area (Å²) >= 11 is 3.23.